The predicted molar refractivity (Wildman–Crippen MR) is 33.0 cm³/mol. The highest BCUT2D eigenvalue weighted by Crippen LogP contribution is 1.89. The molecule has 60 valence electrons. The van der Waals surface area contributed by atoms with Gasteiger partial charge in [-0.05, 0) is 6.92 Å². The van der Waals surface area contributed by atoms with E-state index in [4.69, 9.17) is 10.2 Å². The molecule has 0 heterocycles. The molecule has 0 saturated carbocycles. The third-order valence-corrected chi connectivity index (χ3v) is 0.867. The van der Waals surface area contributed by atoms with E-state index in [1.165, 1.54) is 0 Å². The van der Waals surface area contributed by atoms with Crippen molar-refractivity contribution in [2.24, 2.45) is 0 Å². The molecule has 0 fully saturated rings. The Labute approximate surface area is 58.8 Å². The second-order valence-electron chi connectivity index (χ2n) is 1.52. The zero-order valence-electron chi connectivity index (χ0n) is 5.78. The lowest BCUT2D eigenvalue weighted by Gasteiger charge is -2.14. The van der Waals surface area contributed by atoms with Crippen LogP contribution in [0.15, 0.2) is 0 Å². The normalized spacial score (nSPS) is 9.10. The Kier molecular flexibility index (Phi) is 4.61. The highest BCUT2D eigenvalue weighted by molar-refractivity contribution is 5.67. The van der Waals surface area contributed by atoms with Crippen LogP contribution in [0.1, 0.15) is 6.92 Å². The van der Waals surface area contributed by atoms with Crippen LogP contribution < -0.4 is 0 Å². The van der Waals surface area contributed by atoms with Crippen LogP contribution in [0.2, 0.25) is 0 Å². The Balaban J connectivity index is 3.65. The fourth-order valence-corrected chi connectivity index (χ4v) is 0.375. The molecule has 0 aliphatic carbocycles. The summed E-state index contributed by atoms with van der Waals surface area (Å²) in [5.74, 6) is 0. The molecule has 0 aromatic carbocycles. The van der Waals surface area contributed by atoms with E-state index in [1.807, 2.05) is 0 Å². The summed E-state index contributed by atoms with van der Waals surface area (Å²) in [4.78, 5) is 11.3. The van der Waals surface area contributed by atoms with Crippen molar-refractivity contribution in [1.29, 1.82) is 0 Å². The van der Waals surface area contributed by atoms with Gasteiger partial charge in [0.15, 0.2) is 0 Å². The summed E-state index contributed by atoms with van der Waals surface area (Å²) < 4.78 is 4.45. The average Bonchev–Trinajstić information content (AvgIpc) is 1.91. The monoisotopic (exact) mass is 149 g/mol. The highest BCUT2D eigenvalue weighted by atomic mass is 16.6. The first-order valence-electron chi connectivity index (χ1n) is 2.89. The van der Waals surface area contributed by atoms with Crippen LogP contribution in [0.25, 0.3) is 0 Å². The number of ether oxygens (including phenoxy) is 1. The maximum atomic E-state index is 10.6. The van der Waals surface area contributed by atoms with Crippen molar-refractivity contribution in [2.45, 2.75) is 6.92 Å². The van der Waals surface area contributed by atoms with Crippen molar-refractivity contribution >= 4 is 6.09 Å². The van der Waals surface area contributed by atoms with Crippen molar-refractivity contribution in [3.8, 4) is 0 Å². The third-order valence-electron chi connectivity index (χ3n) is 0.867. The minimum atomic E-state index is -0.715. The zero-order valence-corrected chi connectivity index (χ0v) is 5.78. The minimum absolute atomic E-state index is 0.231. The second kappa shape index (κ2) is 5.01. The smallest absolute Gasteiger partial charge is 0.413 e. The van der Waals surface area contributed by atoms with Gasteiger partial charge >= 0.3 is 6.09 Å². The van der Waals surface area contributed by atoms with E-state index < -0.39 is 19.6 Å². The molecule has 0 spiro atoms. The third kappa shape index (κ3) is 2.65. The molecular formula is C5H11NO4. The molecule has 10 heavy (non-hydrogen) atoms. The molecule has 1 amide bonds. The lowest BCUT2D eigenvalue weighted by Crippen LogP contribution is -2.33. The molecule has 0 radical (unpaired) electrons. The zero-order chi connectivity index (χ0) is 7.98. The van der Waals surface area contributed by atoms with E-state index >= 15 is 0 Å². The Hall–Kier alpha value is -0.810. The van der Waals surface area contributed by atoms with E-state index in [0.717, 1.165) is 4.90 Å². The minimum Gasteiger partial charge on any atom is -0.450 e. The van der Waals surface area contributed by atoms with E-state index in [0.29, 0.717) is 0 Å². The van der Waals surface area contributed by atoms with Gasteiger partial charge in [-0.15, -0.1) is 0 Å². The van der Waals surface area contributed by atoms with Crippen LogP contribution in [0.4, 0.5) is 4.79 Å². The predicted octanol–water partition coefficient (Wildman–Crippen LogP) is -0.656. The van der Waals surface area contributed by atoms with Crippen LogP contribution >= 0.6 is 0 Å². The number of nitrogens with zero attached hydrogens (tertiary/aromatic N) is 1. The first-order chi connectivity index (χ1) is 4.76. The van der Waals surface area contributed by atoms with Crippen LogP contribution in [0, 0.1) is 0 Å². The molecular weight excluding hydrogens is 138 g/mol. The van der Waals surface area contributed by atoms with E-state index in [9.17, 15) is 4.79 Å². The lowest BCUT2D eigenvalue weighted by atomic mass is 10.8. The van der Waals surface area contributed by atoms with Gasteiger partial charge in [0.1, 0.15) is 13.5 Å². The Morgan fingerprint density at radius 1 is 1.50 bits per heavy atom. The summed E-state index contributed by atoms with van der Waals surface area (Å²) in [6.45, 7) is 0.810. The molecule has 2 N–H and O–H groups in total. The molecule has 5 heteroatoms. The number of amides is 1. The van der Waals surface area contributed by atoms with E-state index in [2.05, 4.69) is 4.74 Å². The standard InChI is InChI=1S/C5H11NO4/c1-2-10-5(9)6(3-7)4-8/h7-8H,2-4H2,1H3. The van der Waals surface area contributed by atoms with Gasteiger partial charge in [0.25, 0.3) is 0 Å². The maximum Gasteiger partial charge on any atom is 0.413 e. The topological polar surface area (TPSA) is 70.0 Å². The summed E-state index contributed by atoms with van der Waals surface area (Å²) in [5.41, 5.74) is 0. The van der Waals surface area contributed by atoms with Crippen LogP contribution in [0.5, 0.6) is 0 Å². The van der Waals surface area contributed by atoms with Crippen molar-refractivity contribution in [1.82, 2.24) is 4.90 Å². The van der Waals surface area contributed by atoms with Gasteiger partial charge in [-0.2, -0.15) is 0 Å². The number of rotatable bonds is 3. The summed E-state index contributed by atoms with van der Waals surface area (Å²) in [6, 6.07) is 0. The molecule has 0 atom stereocenters. The van der Waals surface area contributed by atoms with Crippen molar-refractivity contribution in [2.75, 3.05) is 20.1 Å². The number of carbonyl (C=O) groups excluding carboxylic acids is 1. The number of hydrogen-bond donors (Lipinski definition) is 2. The molecule has 0 aromatic heterocycles. The lowest BCUT2D eigenvalue weighted by molar-refractivity contribution is 0.0197. The number of hydrogen-bond acceptors (Lipinski definition) is 4. The van der Waals surface area contributed by atoms with Gasteiger partial charge < -0.3 is 14.9 Å². The molecule has 0 saturated heterocycles. The number of carbonyl (C=O) groups is 1. The maximum absolute atomic E-state index is 10.6. The Morgan fingerprint density at radius 2 is 2.00 bits per heavy atom. The largest absolute Gasteiger partial charge is 0.450 e. The van der Waals surface area contributed by atoms with Crippen molar-refractivity contribution in [3.63, 3.8) is 0 Å². The van der Waals surface area contributed by atoms with Crippen molar-refractivity contribution < 1.29 is 19.7 Å². The van der Waals surface area contributed by atoms with Gasteiger partial charge in [0, 0.05) is 0 Å². The molecule has 0 aliphatic rings. The molecule has 0 rings (SSSR count). The van der Waals surface area contributed by atoms with Crippen LogP contribution in [-0.4, -0.2) is 41.3 Å². The Bertz CT molecular complexity index is 102. The summed E-state index contributed by atoms with van der Waals surface area (Å²) in [7, 11) is 0. The van der Waals surface area contributed by atoms with Crippen LogP contribution in [0.3, 0.4) is 0 Å². The van der Waals surface area contributed by atoms with Crippen LogP contribution in [-0.2, 0) is 4.74 Å². The van der Waals surface area contributed by atoms with Gasteiger partial charge in [-0.25, -0.2) is 4.79 Å². The average molecular weight is 149 g/mol. The molecule has 0 aromatic rings. The Morgan fingerprint density at radius 3 is 2.30 bits per heavy atom. The summed E-state index contributed by atoms with van der Waals surface area (Å²) in [6.07, 6.45) is -0.715. The van der Waals surface area contributed by atoms with Gasteiger partial charge in [-0.3, -0.25) is 4.90 Å². The first kappa shape index (κ1) is 9.19. The quantitative estimate of drug-likeness (QED) is 0.523. The van der Waals surface area contributed by atoms with Gasteiger partial charge in [0.05, 0.1) is 6.61 Å². The van der Waals surface area contributed by atoms with E-state index in [1.54, 1.807) is 6.92 Å². The molecule has 5 nitrogen and oxygen atoms in total. The molecule has 0 unspecified atom stereocenters. The van der Waals surface area contributed by atoms with Gasteiger partial charge in [-0.1, -0.05) is 0 Å². The summed E-state index contributed by atoms with van der Waals surface area (Å²) >= 11 is 0. The van der Waals surface area contributed by atoms with Gasteiger partial charge in [0.2, 0.25) is 0 Å². The van der Waals surface area contributed by atoms with Crippen molar-refractivity contribution in [3.05, 3.63) is 0 Å². The first-order valence-corrected chi connectivity index (χ1v) is 2.89. The second-order valence-corrected chi connectivity index (χ2v) is 1.52. The fourth-order valence-electron chi connectivity index (χ4n) is 0.375. The molecule has 0 aliphatic heterocycles. The summed E-state index contributed by atoms with van der Waals surface area (Å²) in [5, 5.41) is 16.8. The SMILES string of the molecule is CCOC(=O)N(CO)CO. The van der Waals surface area contributed by atoms with E-state index in [-0.39, 0.29) is 6.61 Å². The molecule has 0 bridgehead atoms. The fraction of sp³-hybridized carbons (Fsp3) is 0.800. The number of aliphatic hydroxyl groups is 2. The highest BCUT2D eigenvalue weighted by Gasteiger charge is 2.10. The number of aliphatic hydroxyl groups excluding tert-OH is 2.